The first-order valence-corrected chi connectivity index (χ1v) is 12.4. The molecule has 0 aliphatic rings. The minimum atomic E-state index is -1.17. The Labute approximate surface area is 134 Å². The monoisotopic (exact) mass is 304 g/mol. The first kappa shape index (κ1) is 18.5. The van der Waals surface area contributed by atoms with E-state index in [1.807, 2.05) is 0 Å². The van der Waals surface area contributed by atoms with Gasteiger partial charge in [0.25, 0.3) is 0 Å². The zero-order valence-electron chi connectivity index (χ0n) is 14.7. The molecule has 0 aromatic heterocycles. The molecule has 0 heterocycles. The summed E-state index contributed by atoms with van der Waals surface area (Å²) >= 11 is 0. The van der Waals surface area contributed by atoms with Crippen LogP contribution in [-0.4, -0.2) is 8.07 Å². The van der Waals surface area contributed by atoms with Crippen LogP contribution in [0.1, 0.15) is 71.1 Å². The lowest BCUT2D eigenvalue weighted by molar-refractivity contribution is 0.561. The largest absolute Gasteiger partial charge is 0.0806 e. The van der Waals surface area contributed by atoms with Crippen LogP contribution in [0.3, 0.4) is 0 Å². The molecule has 0 nitrogen and oxygen atoms in total. The first-order valence-electron chi connectivity index (χ1n) is 9.22. The molecule has 0 aliphatic carbocycles. The third-order valence-corrected chi connectivity index (χ3v) is 8.21. The van der Waals surface area contributed by atoms with E-state index in [9.17, 15) is 0 Å². The van der Waals surface area contributed by atoms with Gasteiger partial charge in [0, 0.05) is 0 Å². The van der Waals surface area contributed by atoms with Gasteiger partial charge in [0.1, 0.15) is 0 Å². The molecule has 1 aromatic carbocycles. The molecule has 0 radical (unpaired) electrons. The standard InChI is InChI=1S/C20H36Si/c1-4-5-6-7-8-9-10-11-12-16-19-21(2,3)20-17-14-13-15-18-20/h13-15,17-18H,4-12,16,19H2,1-3H3. The van der Waals surface area contributed by atoms with Gasteiger partial charge < -0.3 is 0 Å². The van der Waals surface area contributed by atoms with Gasteiger partial charge in [-0.2, -0.15) is 0 Å². The van der Waals surface area contributed by atoms with Crippen molar-refractivity contribution in [2.45, 2.75) is 90.3 Å². The van der Waals surface area contributed by atoms with Gasteiger partial charge in [-0.1, -0.05) is 126 Å². The number of hydrogen-bond donors (Lipinski definition) is 0. The van der Waals surface area contributed by atoms with E-state index in [1.54, 1.807) is 5.19 Å². The van der Waals surface area contributed by atoms with Gasteiger partial charge in [0.2, 0.25) is 0 Å². The zero-order valence-corrected chi connectivity index (χ0v) is 15.7. The number of benzene rings is 1. The third kappa shape index (κ3) is 8.46. The first-order chi connectivity index (χ1) is 10.2. The summed E-state index contributed by atoms with van der Waals surface area (Å²) in [5.41, 5.74) is 0. The highest BCUT2D eigenvalue weighted by Crippen LogP contribution is 2.17. The van der Waals surface area contributed by atoms with E-state index in [-0.39, 0.29) is 0 Å². The van der Waals surface area contributed by atoms with E-state index < -0.39 is 8.07 Å². The molecule has 0 saturated heterocycles. The number of hydrogen-bond acceptors (Lipinski definition) is 0. The van der Waals surface area contributed by atoms with Crippen LogP contribution in [0, 0.1) is 0 Å². The molecule has 21 heavy (non-hydrogen) atoms. The van der Waals surface area contributed by atoms with Crippen molar-refractivity contribution in [2.24, 2.45) is 0 Å². The predicted octanol–water partition coefficient (Wildman–Crippen LogP) is 6.52. The average Bonchev–Trinajstić information content (AvgIpc) is 2.50. The second-order valence-corrected chi connectivity index (χ2v) is 12.0. The Hall–Kier alpha value is -0.563. The van der Waals surface area contributed by atoms with Crippen LogP contribution in [0.5, 0.6) is 0 Å². The minimum absolute atomic E-state index is 1.17. The Morgan fingerprint density at radius 2 is 1.14 bits per heavy atom. The van der Waals surface area contributed by atoms with Crippen molar-refractivity contribution in [1.82, 2.24) is 0 Å². The van der Waals surface area contributed by atoms with Crippen LogP contribution in [0.2, 0.25) is 19.1 Å². The highest BCUT2D eigenvalue weighted by Gasteiger charge is 2.21. The molecule has 0 amide bonds. The maximum atomic E-state index is 2.52. The van der Waals surface area contributed by atoms with Crippen LogP contribution in [0.4, 0.5) is 0 Å². The highest BCUT2D eigenvalue weighted by molar-refractivity contribution is 6.89. The summed E-state index contributed by atoms with van der Waals surface area (Å²) in [6, 6.07) is 12.7. The van der Waals surface area contributed by atoms with E-state index in [0.717, 1.165) is 0 Å². The van der Waals surface area contributed by atoms with Gasteiger partial charge in [0.05, 0.1) is 8.07 Å². The molecule has 0 spiro atoms. The summed E-state index contributed by atoms with van der Waals surface area (Å²) < 4.78 is 0. The van der Waals surface area contributed by atoms with E-state index in [0.29, 0.717) is 0 Å². The van der Waals surface area contributed by atoms with Crippen molar-refractivity contribution in [2.75, 3.05) is 0 Å². The van der Waals surface area contributed by atoms with Crippen LogP contribution < -0.4 is 5.19 Å². The van der Waals surface area contributed by atoms with E-state index in [1.165, 1.54) is 70.3 Å². The molecule has 0 fully saturated rings. The van der Waals surface area contributed by atoms with Gasteiger partial charge in [0.15, 0.2) is 0 Å². The molecule has 0 unspecified atom stereocenters. The Balaban J connectivity index is 2.01. The van der Waals surface area contributed by atoms with Gasteiger partial charge in [-0.15, -0.1) is 0 Å². The van der Waals surface area contributed by atoms with Gasteiger partial charge in [-0.05, 0) is 0 Å². The fraction of sp³-hybridized carbons (Fsp3) is 0.700. The van der Waals surface area contributed by atoms with Crippen LogP contribution in [0.15, 0.2) is 30.3 Å². The quantitative estimate of drug-likeness (QED) is 0.304. The molecule has 120 valence electrons. The summed E-state index contributed by atoms with van der Waals surface area (Å²) in [4.78, 5) is 0. The minimum Gasteiger partial charge on any atom is -0.0654 e. The van der Waals surface area contributed by atoms with Gasteiger partial charge in [-0.25, -0.2) is 0 Å². The summed E-state index contributed by atoms with van der Waals surface area (Å²) in [5.74, 6) is 0. The Morgan fingerprint density at radius 3 is 1.67 bits per heavy atom. The second kappa shape index (κ2) is 11.1. The van der Waals surface area contributed by atoms with Gasteiger partial charge >= 0.3 is 0 Å². The molecule has 0 bridgehead atoms. The summed E-state index contributed by atoms with van der Waals surface area (Å²) in [6.07, 6.45) is 14.4. The Kier molecular flexibility index (Phi) is 9.74. The SMILES string of the molecule is CCCCCCCCCCCC[Si](C)(C)c1ccccc1. The van der Waals surface area contributed by atoms with Crippen molar-refractivity contribution < 1.29 is 0 Å². The summed E-state index contributed by atoms with van der Waals surface area (Å²) in [7, 11) is -1.17. The van der Waals surface area contributed by atoms with Crippen LogP contribution in [0.25, 0.3) is 0 Å². The van der Waals surface area contributed by atoms with Crippen molar-refractivity contribution >= 4 is 13.3 Å². The average molecular weight is 305 g/mol. The summed E-state index contributed by atoms with van der Waals surface area (Å²) in [5, 5.41) is 1.63. The lowest BCUT2D eigenvalue weighted by Gasteiger charge is -2.22. The fourth-order valence-electron chi connectivity index (χ4n) is 3.09. The lowest BCUT2D eigenvalue weighted by atomic mass is 10.1. The van der Waals surface area contributed by atoms with Crippen LogP contribution in [-0.2, 0) is 0 Å². The van der Waals surface area contributed by atoms with Crippen molar-refractivity contribution in [3.05, 3.63) is 30.3 Å². The summed E-state index contributed by atoms with van der Waals surface area (Å²) in [6.45, 7) is 7.34. The third-order valence-electron chi connectivity index (χ3n) is 4.71. The zero-order chi connectivity index (χ0) is 15.4. The highest BCUT2D eigenvalue weighted by atomic mass is 28.3. The molecule has 0 saturated carbocycles. The van der Waals surface area contributed by atoms with Gasteiger partial charge in [-0.3, -0.25) is 0 Å². The van der Waals surface area contributed by atoms with Crippen LogP contribution >= 0.6 is 0 Å². The molecular formula is C20H36Si. The van der Waals surface area contributed by atoms with Crippen molar-refractivity contribution in [1.29, 1.82) is 0 Å². The van der Waals surface area contributed by atoms with E-state index in [4.69, 9.17) is 0 Å². The maximum absolute atomic E-state index is 2.52. The molecule has 1 heteroatoms. The topological polar surface area (TPSA) is 0 Å². The molecule has 0 atom stereocenters. The molecular weight excluding hydrogens is 268 g/mol. The number of rotatable bonds is 12. The van der Waals surface area contributed by atoms with Crippen molar-refractivity contribution in [3.63, 3.8) is 0 Å². The molecule has 1 aromatic rings. The smallest absolute Gasteiger partial charge is 0.0654 e. The second-order valence-electron chi connectivity index (χ2n) is 7.18. The molecule has 1 rings (SSSR count). The normalized spacial score (nSPS) is 11.8. The maximum Gasteiger partial charge on any atom is 0.0806 e. The lowest BCUT2D eigenvalue weighted by Crippen LogP contribution is -2.40. The fourth-order valence-corrected chi connectivity index (χ4v) is 5.61. The Bertz CT molecular complexity index is 342. The Morgan fingerprint density at radius 1 is 0.667 bits per heavy atom. The van der Waals surface area contributed by atoms with E-state index >= 15 is 0 Å². The van der Waals surface area contributed by atoms with E-state index in [2.05, 4.69) is 50.3 Å². The molecule has 0 aliphatic heterocycles. The number of unbranched alkanes of at least 4 members (excludes halogenated alkanes) is 9. The van der Waals surface area contributed by atoms with Crippen molar-refractivity contribution in [3.8, 4) is 0 Å². The molecule has 0 N–H and O–H groups in total. The predicted molar refractivity (Wildman–Crippen MR) is 100 cm³/mol.